The van der Waals surface area contributed by atoms with E-state index in [2.05, 4.69) is 4.98 Å². The van der Waals surface area contributed by atoms with Gasteiger partial charge in [0.2, 0.25) is 10.0 Å². The molecule has 1 N–H and O–H groups in total. The summed E-state index contributed by atoms with van der Waals surface area (Å²) in [6.07, 6.45) is -7.38. The molecule has 13 heteroatoms. The van der Waals surface area contributed by atoms with Crippen molar-refractivity contribution < 1.29 is 39.5 Å². The molecule has 38 heavy (non-hydrogen) atoms. The number of rotatable bonds is 8. The third-order valence-electron chi connectivity index (χ3n) is 6.78. The molecular formula is C25H27F6N3O3S. The van der Waals surface area contributed by atoms with E-state index >= 15 is 0 Å². The standard InChI is InChI=1S/C25H27F6N3O3S/c1-23(2,37-3)14-34-13-18(21(25(29,30)31)33-38(35,36)15-7-6-8-15)16-11-12-20(32-22(16)34)17-9-4-5-10-19(17)24(26,27)28/h4-5,9-13,15,21,33H,6-8,14H2,1-3H3. The van der Waals surface area contributed by atoms with Gasteiger partial charge in [-0.3, -0.25) is 0 Å². The SMILES string of the molecule is COC(C)(C)Cn1cc(C(NS(=O)(=O)C2CCC2)C(F)(F)F)c2ccc(-c3ccccc3C(F)(F)F)nc21. The molecule has 1 atom stereocenters. The van der Waals surface area contributed by atoms with Crippen molar-refractivity contribution in [1.82, 2.24) is 14.3 Å². The van der Waals surface area contributed by atoms with Crippen LogP contribution in [0.4, 0.5) is 26.3 Å². The molecule has 1 unspecified atom stereocenters. The number of alkyl halides is 6. The number of sulfonamides is 1. The van der Waals surface area contributed by atoms with E-state index in [0.717, 1.165) is 12.3 Å². The maximum absolute atomic E-state index is 14.3. The molecule has 208 valence electrons. The zero-order valence-corrected chi connectivity index (χ0v) is 21.6. The quantitative estimate of drug-likeness (QED) is 0.330. The summed E-state index contributed by atoms with van der Waals surface area (Å²) in [5.74, 6) is 0. The summed E-state index contributed by atoms with van der Waals surface area (Å²) in [5.41, 5.74) is -2.58. The molecule has 0 radical (unpaired) electrons. The van der Waals surface area contributed by atoms with Crippen LogP contribution in [0.2, 0.25) is 0 Å². The summed E-state index contributed by atoms with van der Waals surface area (Å²) in [5, 5.41) is -0.944. The number of halogens is 6. The van der Waals surface area contributed by atoms with Crippen molar-refractivity contribution in [2.24, 2.45) is 0 Å². The molecule has 0 bridgehead atoms. The van der Waals surface area contributed by atoms with Gasteiger partial charge in [-0.05, 0) is 44.9 Å². The normalized spacial score (nSPS) is 16.6. The Morgan fingerprint density at radius 3 is 2.29 bits per heavy atom. The van der Waals surface area contributed by atoms with Crippen LogP contribution in [0.15, 0.2) is 42.6 Å². The Labute approximate surface area is 216 Å². The lowest BCUT2D eigenvalue weighted by molar-refractivity contribution is -0.152. The lowest BCUT2D eigenvalue weighted by Crippen LogP contribution is -2.44. The minimum absolute atomic E-state index is 0.00266. The number of pyridine rings is 1. The first kappa shape index (κ1) is 28.4. The maximum Gasteiger partial charge on any atom is 0.417 e. The first-order chi connectivity index (χ1) is 17.5. The molecule has 0 aliphatic heterocycles. The molecule has 0 saturated heterocycles. The van der Waals surface area contributed by atoms with E-state index in [1.165, 1.54) is 42.0 Å². The molecule has 1 aromatic carbocycles. The molecule has 2 aromatic heterocycles. The summed E-state index contributed by atoms with van der Waals surface area (Å²) in [7, 11) is -2.86. The van der Waals surface area contributed by atoms with E-state index < -0.39 is 50.4 Å². The third-order valence-corrected chi connectivity index (χ3v) is 8.69. The van der Waals surface area contributed by atoms with Crippen LogP contribution in [0.5, 0.6) is 0 Å². The number of fused-ring (bicyclic) bond motifs is 1. The predicted molar refractivity (Wildman–Crippen MR) is 130 cm³/mol. The molecule has 0 spiro atoms. The van der Waals surface area contributed by atoms with Crippen LogP contribution in [-0.4, -0.2) is 42.1 Å². The summed E-state index contributed by atoms with van der Waals surface area (Å²) >= 11 is 0. The largest absolute Gasteiger partial charge is 0.417 e. The first-order valence-corrected chi connectivity index (χ1v) is 13.4. The van der Waals surface area contributed by atoms with Gasteiger partial charge >= 0.3 is 12.4 Å². The van der Waals surface area contributed by atoms with Crippen molar-refractivity contribution >= 4 is 21.1 Å². The number of hydrogen-bond donors (Lipinski definition) is 1. The fraction of sp³-hybridized carbons (Fsp3) is 0.480. The molecule has 3 aromatic rings. The Bertz CT molecular complexity index is 1430. The van der Waals surface area contributed by atoms with Crippen LogP contribution in [-0.2, 0) is 27.5 Å². The monoisotopic (exact) mass is 563 g/mol. The van der Waals surface area contributed by atoms with Crippen LogP contribution in [0.1, 0.15) is 50.3 Å². The molecule has 6 nitrogen and oxygen atoms in total. The van der Waals surface area contributed by atoms with Crippen molar-refractivity contribution in [3.8, 4) is 11.3 Å². The van der Waals surface area contributed by atoms with Crippen LogP contribution in [0.25, 0.3) is 22.3 Å². The molecule has 0 amide bonds. The highest BCUT2D eigenvalue weighted by atomic mass is 32.2. The number of nitrogens with one attached hydrogen (secondary N) is 1. The second-order valence-electron chi connectivity index (χ2n) is 9.98. The van der Waals surface area contributed by atoms with Gasteiger partial charge in [0, 0.05) is 29.8 Å². The second-order valence-corrected chi connectivity index (χ2v) is 12.0. The van der Waals surface area contributed by atoms with Crippen LogP contribution >= 0.6 is 0 Å². The van der Waals surface area contributed by atoms with Crippen LogP contribution in [0.3, 0.4) is 0 Å². The molecule has 1 aliphatic carbocycles. The van der Waals surface area contributed by atoms with E-state index in [9.17, 15) is 34.8 Å². The average Bonchev–Trinajstić information content (AvgIpc) is 3.11. The second kappa shape index (κ2) is 9.83. The predicted octanol–water partition coefficient (Wildman–Crippen LogP) is 6.22. The molecule has 1 aliphatic rings. The van der Waals surface area contributed by atoms with Gasteiger partial charge in [-0.25, -0.2) is 13.4 Å². The number of ether oxygens (including phenoxy) is 1. The Morgan fingerprint density at radius 2 is 1.74 bits per heavy atom. The number of benzene rings is 1. The van der Waals surface area contributed by atoms with Gasteiger partial charge < -0.3 is 9.30 Å². The highest BCUT2D eigenvalue weighted by Gasteiger charge is 2.47. The van der Waals surface area contributed by atoms with Gasteiger partial charge in [-0.15, -0.1) is 0 Å². The number of nitrogens with zero attached hydrogens (tertiary/aromatic N) is 2. The third kappa shape index (κ3) is 5.69. The van der Waals surface area contributed by atoms with Crippen molar-refractivity contribution in [1.29, 1.82) is 0 Å². The number of hydrogen-bond acceptors (Lipinski definition) is 4. The average molecular weight is 564 g/mol. The fourth-order valence-electron chi connectivity index (χ4n) is 4.37. The van der Waals surface area contributed by atoms with Crippen molar-refractivity contribution in [2.75, 3.05) is 7.11 Å². The molecule has 1 saturated carbocycles. The Kier molecular flexibility index (Phi) is 7.34. The zero-order valence-electron chi connectivity index (χ0n) is 20.8. The van der Waals surface area contributed by atoms with Crippen LogP contribution < -0.4 is 4.72 Å². The topological polar surface area (TPSA) is 73.2 Å². The maximum atomic E-state index is 14.3. The Morgan fingerprint density at radius 1 is 1.08 bits per heavy atom. The highest BCUT2D eigenvalue weighted by molar-refractivity contribution is 7.90. The van der Waals surface area contributed by atoms with Crippen LogP contribution in [0, 0.1) is 0 Å². The van der Waals surface area contributed by atoms with E-state index in [-0.39, 0.29) is 41.7 Å². The molecule has 4 rings (SSSR count). The number of methoxy groups -OCH3 is 1. The van der Waals surface area contributed by atoms with Gasteiger partial charge in [0.15, 0.2) is 0 Å². The summed E-state index contributed by atoms with van der Waals surface area (Å²) < 4.78 is 118. The molecular weight excluding hydrogens is 536 g/mol. The van der Waals surface area contributed by atoms with Gasteiger partial charge in [-0.2, -0.15) is 31.1 Å². The van der Waals surface area contributed by atoms with E-state index in [1.54, 1.807) is 13.8 Å². The number of aromatic nitrogens is 2. The minimum atomic E-state index is -4.99. The fourth-order valence-corrected chi connectivity index (χ4v) is 6.10. The van der Waals surface area contributed by atoms with E-state index in [1.807, 2.05) is 4.72 Å². The summed E-state index contributed by atoms with van der Waals surface area (Å²) in [6.45, 7) is 3.36. The Hall–Kier alpha value is -2.64. The first-order valence-electron chi connectivity index (χ1n) is 11.8. The Balaban J connectivity index is 1.91. The highest BCUT2D eigenvalue weighted by Crippen LogP contribution is 2.41. The minimum Gasteiger partial charge on any atom is -0.377 e. The van der Waals surface area contributed by atoms with Gasteiger partial charge in [-0.1, -0.05) is 24.6 Å². The van der Waals surface area contributed by atoms with Gasteiger partial charge in [0.05, 0.1) is 28.7 Å². The van der Waals surface area contributed by atoms with Gasteiger partial charge in [0.25, 0.3) is 0 Å². The van der Waals surface area contributed by atoms with Crippen molar-refractivity contribution in [2.45, 2.75) is 68.9 Å². The van der Waals surface area contributed by atoms with Crippen molar-refractivity contribution in [3.63, 3.8) is 0 Å². The molecule has 1 fully saturated rings. The summed E-state index contributed by atoms with van der Waals surface area (Å²) in [6, 6.07) is 4.64. The molecule has 2 heterocycles. The summed E-state index contributed by atoms with van der Waals surface area (Å²) in [4.78, 5) is 4.34. The smallest absolute Gasteiger partial charge is 0.377 e. The van der Waals surface area contributed by atoms with E-state index in [0.29, 0.717) is 6.42 Å². The lowest BCUT2D eigenvalue weighted by Gasteiger charge is -2.29. The zero-order chi connectivity index (χ0) is 28.1. The lowest BCUT2D eigenvalue weighted by atomic mass is 10.0. The van der Waals surface area contributed by atoms with E-state index in [4.69, 9.17) is 4.74 Å². The van der Waals surface area contributed by atoms with Crippen molar-refractivity contribution in [3.05, 3.63) is 53.7 Å². The van der Waals surface area contributed by atoms with Gasteiger partial charge in [0.1, 0.15) is 11.7 Å².